The van der Waals surface area contributed by atoms with Crippen LogP contribution in [0.3, 0.4) is 0 Å². The number of nitrogens with one attached hydrogen (secondary N) is 1. The first-order chi connectivity index (χ1) is 13.0. The molecule has 0 saturated carbocycles. The van der Waals surface area contributed by atoms with E-state index in [0.29, 0.717) is 24.7 Å². The van der Waals surface area contributed by atoms with E-state index in [1.165, 1.54) is 13.2 Å². The third-order valence-electron chi connectivity index (χ3n) is 4.74. The first-order valence-corrected chi connectivity index (χ1v) is 9.71. The Hall–Kier alpha value is -2.02. The smallest absolute Gasteiger partial charge is 0.410 e. The number of likely N-dealkylation sites (tertiary alicyclic amines) is 1. The van der Waals surface area contributed by atoms with Crippen LogP contribution >= 0.6 is 11.6 Å². The van der Waals surface area contributed by atoms with Crippen molar-refractivity contribution in [2.45, 2.75) is 52.2 Å². The number of hydrogen-bond acceptors (Lipinski definition) is 5. The highest BCUT2D eigenvalue weighted by atomic mass is 35.5. The van der Waals surface area contributed by atoms with Crippen LogP contribution in [0.15, 0.2) is 12.1 Å². The molecule has 1 heterocycles. The lowest BCUT2D eigenvalue weighted by molar-refractivity contribution is 0.0179. The molecule has 6 nitrogen and oxygen atoms in total. The summed E-state index contributed by atoms with van der Waals surface area (Å²) in [5, 5.41) is 3.47. The molecule has 1 unspecified atom stereocenters. The first kappa shape index (κ1) is 22.3. The van der Waals surface area contributed by atoms with E-state index in [-0.39, 0.29) is 22.7 Å². The molecule has 1 atom stereocenters. The van der Waals surface area contributed by atoms with Crippen molar-refractivity contribution in [3.63, 3.8) is 0 Å². The fraction of sp³-hybridized carbons (Fsp3) is 0.600. The number of esters is 1. The molecule has 0 spiro atoms. The van der Waals surface area contributed by atoms with Crippen molar-refractivity contribution in [3.8, 4) is 0 Å². The third-order valence-corrected chi connectivity index (χ3v) is 5.06. The van der Waals surface area contributed by atoms with Crippen LogP contribution in [0.1, 0.15) is 50.9 Å². The summed E-state index contributed by atoms with van der Waals surface area (Å²) in [5.41, 5.74) is -0.202. The molecule has 0 bridgehead atoms. The summed E-state index contributed by atoms with van der Waals surface area (Å²) in [4.78, 5) is 25.6. The van der Waals surface area contributed by atoms with Crippen LogP contribution in [0.2, 0.25) is 5.02 Å². The maximum atomic E-state index is 13.9. The fourth-order valence-corrected chi connectivity index (χ4v) is 3.40. The minimum Gasteiger partial charge on any atom is -0.465 e. The third kappa shape index (κ3) is 5.74. The van der Waals surface area contributed by atoms with Crippen molar-refractivity contribution in [2.24, 2.45) is 5.92 Å². The second-order valence-corrected chi connectivity index (χ2v) is 8.45. The quantitative estimate of drug-likeness (QED) is 0.722. The molecule has 156 valence electrons. The number of carbonyl (C=O) groups is 2. The number of anilines is 1. The standard InChI is InChI=1S/C20H28ClFN2O4/c1-12(13-6-8-24(9-7-13)19(26)28-20(2,3)4)23-17-10-14(18(25)27-5)16(22)11-15(17)21/h10-13,23H,6-9H2,1-5H3. The van der Waals surface area contributed by atoms with Crippen molar-refractivity contribution in [1.29, 1.82) is 0 Å². The molecule has 1 aromatic rings. The number of carbonyl (C=O) groups excluding carboxylic acids is 2. The minimum atomic E-state index is -0.754. The molecule has 1 aliphatic rings. The lowest BCUT2D eigenvalue weighted by atomic mass is 9.90. The normalized spacial score (nSPS) is 16.5. The van der Waals surface area contributed by atoms with Gasteiger partial charge in [-0.15, -0.1) is 0 Å². The van der Waals surface area contributed by atoms with Crippen LogP contribution in [0.4, 0.5) is 14.9 Å². The van der Waals surface area contributed by atoms with E-state index in [4.69, 9.17) is 16.3 Å². The van der Waals surface area contributed by atoms with Gasteiger partial charge in [-0.05, 0) is 58.6 Å². The van der Waals surface area contributed by atoms with Gasteiger partial charge >= 0.3 is 12.1 Å². The molecule has 0 aromatic heterocycles. The van der Waals surface area contributed by atoms with E-state index < -0.39 is 17.4 Å². The molecule has 8 heteroatoms. The van der Waals surface area contributed by atoms with Gasteiger partial charge in [-0.1, -0.05) is 11.6 Å². The van der Waals surface area contributed by atoms with Crippen molar-refractivity contribution in [1.82, 2.24) is 4.90 Å². The monoisotopic (exact) mass is 414 g/mol. The average molecular weight is 415 g/mol. The summed E-state index contributed by atoms with van der Waals surface area (Å²) < 4.78 is 24.0. The molecule has 0 radical (unpaired) electrons. The zero-order valence-electron chi connectivity index (χ0n) is 17.0. The lowest BCUT2D eigenvalue weighted by Crippen LogP contribution is -2.44. The molecule has 28 heavy (non-hydrogen) atoms. The van der Waals surface area contributed by atoms with Crippen LogP contribution in [0.5, 0.6) is 0 Å². The molecule has 1 N–H and O–H groups in total. The van der Waals surface area contributed by atoms with Gasteiger partial charge in [-0.2, -0.15) is 0 Å². The van der Waals surface area contributed by atoms with Gasteiger partial charge in [-0.3, -0.25) is 0 Å². The van der Waals surface area contributed by atoms with Gasteiger partial charge < -0.3 is 19.7 Å². The minimum absolute atomic E-state index is 0.0224. The Bertz CT molecular complexity index is 728. The molecule has 1 aliphatic heterocycles. The number of ether oxygens (including phenoxy) is 2. The van der Waals surface area contributed by atoms with Crippen molar-refractivity contribution < 1.29 is 23.5 Å². The molecular formula is C20H28ClFN2O4. The molecule has 2 rings (SSSR count). The van der Waals surface area contributed by atoms with E-state index in [9.17, 15) is 14.0 Å². The van der Waals surface area contributed by atoms with E-state index in [2.05, 4.69) is 10.1 Å². The van der Waals surface area contributed by atoms with Crippen molar-refractivity contribution in [3.05, 3.63) is 28.5 Å². The molecule has 1 aromatic carbocycles. The summed E-state index contributed by atoms with van der Waals surface area (Å²) >= 11 is 6.13. The summed E-state index contributed by atoms with van der Waals surface area (Å²) in [6, 6.07) is 2.50. The average Bonchev–Trinajstić information content (AvgIpc) is 2.62. The van der Waals surface area contributed by atoms with Gasteiger partial charge in [-0.25, -0.2) is 14.0 Å². The van der Waals surface area contributed by atoms with E-state index in [1.807, 2.05) is 27.7 Å². The number of piperidine rings is 1. The number of hydrogen-bond donors (Lipinski definition) is 1. The first-order valence-electron chi connectivity index (χ1n) is 9.33. The molecule has 0 aliphatic carbocycles. The van der Waals surface area contributed by atoms with Crippen LogP contribution < -0.4 is 5.32 Å². The number of rotatable bonds is 4. The summed E-state index contributed by atoms with van der Waals surface area (Å²) in [7, 11) is 1.20. The predicted molar refractivity (Wildman–Crippen MR) is 106 cm³/mol. The van der Waals surface area contributed by atoms with Crippen LogP contribution in [0, 0.1) is 11.7 Å². The Morgan fingerprint density at radius 1 is 1.29 bits per heavy atom. The van der Waals surface area contributed by atoms with Gasteiger partial charge in [0, 0.05) is 19.1 Å². The number of nitrogens with zero attached hydrogens (tertiary/aromatic N) is 1. The largest absolute Gasteiger partial charge is 0.465 e. The van der Waals surface area contributed by atoms with Crippen LogP contribution in [0.25, 0.3) is 0 Å². The van der Waals surface area contributed by atoms with Gasteiger partial charge in [0.25, 0.3) is 0 Å². The zero-order valence-corrected chi connectivity index (χ0v) is 17.7. The van der Waals surface area contributed by atoms with E-state index in [1.54, 1.807) is 4.90 Å². The Morgan fingerprint density at radius 2 is 1.89 bits per heavy atom. The Morgan fingerprint density at radius 3 is 2.43 bits per heavy atom. The predicted octanol–water partition coefficient (Wildman–Crippen LogP) is 4.71. The van der Waals surface area contributed by atoms with E-state index in [0.717, 1.165) is 18.9 Å². The van der Waals surface area contributed by atoms with Gasteiger partial charge in [0.15, 0.2) is 0 Å². The molecule has 1 amide bonds. The summed E-state index contributed by atoms with van der Waals surface area (Å²) in [5.74, 6) is -1.18. The summed E-state index contributed by atoms with van der Waals surface area (Å²) in [6.45, 7) is 8.76. The number of methoxy groups -OCH3 is 1. The SMILES string of the molecule is COC(=O)c1cc(NC(C)C2CCN(C(=O)OC(C)(C)C)CC2)c(Cl)cc1F. The van der Waals surface area contributed by atoms with E-state index >= 15 is 0 Å². The Balaban J connectivity index is 1.99. The maximum absolute atomic E-state index is 13.9. The number of benzene rings is 1. The zero-order chi connectivity index (χ0) is 21.1. The maximum Gasteiger partial charge on any atom is 0.410 e. The highest BCUT2D eigenvalue weighted by Gasteiger charge is 2.29. The molecule has 1 saturated heterocycles. The summed E-state index contributed by atoms with van der Waals surface area (Å²) in [6.07, 6.45) is 1.31. The van der Waals surface area contributed by atoms with Gasteiger partial charge in [0.2, 0.25) is 0 Å². The number of amides is 1. The van der Waals surface area contributed by atoms with Gasteiger partial charge in [0.1, 0.15) is 11.4 Å². The van der Waals surface area contributed by atoms with Crippen LogP contribution in [-0.4, -0.2) is 48.8 Å². The fourth-order valence-electron chi connectivity index (χ4n) is 3.20. The molecule has 1 fully saturated rings. The lowest BCUT2D eigenvalue weighted by Gasteiger charge is -2.36. The Labute approximate surface area is 170 Å². The Kier molecular flexibility index (Phi) is 7.15. The van der Waals surface area contributed by atoms with Crippen molar-refractivity contribution in [2.75, 3.05) is 25.5 Å². The topological polar surface area (TPSA) is 67.9 Å². The highest BCUT2D eigenvalue weighted by Crippen LogP contribution is 2.30. The molecular weight excluding hydrogens is 387 g/mol. The second kappa shape index (κ2) is 8.99. The van der Waals surface area contributed by atoms with Crippen molar-refractivity contribution >= 4 is 29.4 Å². The number of halogens is 2. The van der Waals surface area contributed by atoms with Gasteiger partial charge in [0.05, 0.1) is 23.4 Å². The highest BCUT2D eigenvalue weighted by molar-refractivity contribution is 6.33. The van der Waals surface area contributed by atoms with Crippen LogP contribution in [-0.2, 0) is 9.47 Å². The second-order valence-electron chi connectivity index (χ2n) is 8.04.